The lowest BCUT2D eigenvalue weighted by molar-refractivity contribution is -0.142. The zero-order valence-corrected chi connectivity index (χ0v) is 8.30. The normalized spacial score (nSPS) is 20.1. The first-order valence-electron chi connectivity index (χ1n) is 4.46. The third-order valence-electron chi connectivity index (χ3n) is 2.54. The van der Waals surface area contributed by atoms with Crippen molar-refractivity contribution in [1.29, 1.82) is 0 Å². The molecule has 2 rings (SSSR count). The Labute approximate surface area is 86.0 Å². The van der Waals surface area contributed by atoms with Crippen LogP contribution >= 0.6 is 12.2 Å². The highest BCUT2D eigenvalue weighted by Crippen LogP contribution is 2.23. The van der Waals surface area contributed by atoms with E-state index in [1.54, 1.807) is 6.20 Å². The number of carbonyl (C=O) groups is 1. The summed E-state index contributed by atoms with van der Waals surface area (Å²) < 4.78 is 0.426. The number of rotatable bonds is 1. The maximum atomic E-state index is 10.8. The van der Waals surface area contributed by atoms with E-state index in [4.69, 9.17) is 17.3 Å². The molecule has 74 valence electrons. The molecule has 1 atom stereocenters. The standard InChI is InChI=1S/C9H10N2O2S/c12-8(13)5-1-2-6-4-10-9(14)11-7(6)3-5/h4-5H,1-3H2,(H,12,13)(H,10,11,14). The van der Waals surface area contributed by atoms with Crippen LogP contribution < -0.4 is 0 Å². The van der Waals surface area contributed by atoms with Crippen molar-refractivity contribution in [2.75, 3.05) is 0 Å². The van der Waals surface area contributed by atoms with Crippen molar-refractivity contribution in [1.82, 2.24) is 9.97 Å². The summed E-state index contributed by atoms with van der Waals surface area (Å²) >= 11 is 4.89. The Morgan fingerprint density at radius 2 is 2.50 bits per heavy atom. The summed E-state index contributed by atoms with van der Waals surface area (Å²) in [4.78, 5) is 17.7. The average molecular weight is 210 g/mol. The minimum absolute atomic E-state index is 0.282. The van der Waals surface area contributed by atoms with Gasteiger partial charge in [0.05, 0.1) is 5.92 Å². The van der Waals surface area contributed by atoms with Crippen LogP contribution in [0, 0.1) is 10.7 Å². The molecule has 0 amide bonds. The van der Waals surface area contributed by atoms with Crippen molar-refractivity contribution >= 4 is 18.2 Å². The van der Waals surface area contributed by atoms with E-state index < -0.39 is 5.97 Å². The van der Waals surface area contributed by atoms with Crippen molar-refractivity contribution in [3.63, 3.8) is 0 Å². The van der Waals surface area contributed by atoms with Gasteiger partial charge in [0.15, 0.2) is 4.77 Å². The fraction of sp³-hybridized carbons (Fsp3) is 0.444. The van der Waals surface area contributed by atoms with Crippen LogP contribution in [0.25, 0.3) is 0 Å². The second kappa shape index (κ2) is 3.49. The molecule has 1 aliphatic rings. The number of carboxylic acids is 1. The lowest BCUT2D eigenvalue weighted by Gasteiger charge is -2.20. The highest BCUT2D eigenvalue weighted by atomic mass is 32.1. The summed E-state index contributed by atoms with van der Waals surface area (Å²) in [6, 6.07) is 0. The molecule has 0 saturated heterocycles. The molecule has 2 N–H and O–H groups in total. The quantitative estimate of drug-likeness (QED) is 0.686. The van der Waals surface area contributed by atoms with Crippen LogP contribution in [0.2, 0.25) is 0 Å². The van der Waals surface area contributed by atoms with Crippen LogP contribution in [0.1, 0.15) is 17.7 Å². The molecular formula is C9H10N2O2S. The zero-order chi connectivity index (χ0) is 10.1. The van der Waals surface area contributed by atoms with E-state index in [2.05, 4.69) is 9.97 Å². The lowest BCUT2D eigenvalue weighted by Crippen LogP contribution is -2.23. The summed E-state index contributed by atoms with van der Waals surface area (Å²) in [5.74, 6) is -1.01. The first-order valence-corrected chi connectivity index (χ1v) is 4.87. The first kappa shape index (κ1) is 9.33. The average Bonchev–Trinajstić information content (AvgIpc) is 2.16. The van der Waals surface area contributed by atoms with Crippen LogP contribution in [0.3, 0.4) is 0 Å². The van der Waals surface area contributed by atoms with Gasteiger partial charge in [0.2, 0.25) is 0 Å². The highest BCUT2D eigenvalue weighted by Gasteiger charge is 2.24. The maximum absolute atomic E-state index is 10.8. The topological polar surface area (TPSA) is 66.0 Å². The van der Waals surface area contributed by atoms with Crippen molar-refractivity contribution in [3.8, 4) is 0 Å². The van der Waals surface area contributed by atoms with Gasteiger partial charge < -0.3 is 10.1 Å². The fourth-order valence-electron chi connectivity index (χ4n) is 1.74. The lowest BCUT2D eigenvalue weighted by atomic mass is 9.88. The number of aryl methyl sites for hydroxylation is 1. The molecule has 0 saturated carbocycles. The Morgan fingerprint density at radius 3 is 3.21 bits per heavy atom. The number of aromatic amines is 1. The highest BCUT2D eigenvalue weighted by molar-refractivity contribution is 7.71. The van der Waals surface area contributed by atoms with Crippen LogP contribution in [0.5, 0.6) is 0 Å². The van der Waals surface area contributed by atoms with E-state index in [0.29, 0.717) is 17.6 Å². The first-order chi connectivity index (χ1) is 6.66. The fourth-order valence-corrected chi connectivity index (χ4v) is 1.92. The minimum atomic E-state index is -0.730. The Hall–Kier alpha value is -1.23. The molecule has 1 aromatic rings. The summed E-state index contributed by atoms with van der Waals surface area (Å²) in [5, 5.41) is 8.88. The number of hydrogen-bond donors (Lipinski definition) is 2. The largest absolute Gasteiger partial charge is 0.481 e. The van der Waals surface area contributed by atoms with E-state index in [0.717, 1.165) is 17.7 Å². The van der Waals surface area contributed by atoms with E-state index in [-0.39, 0.29) is 5.92 Å². The van der Waals surface area contributed by atoms with Crippen molar-refractivity contribution in [2.24, 2.45) is 5.92 Å². The zero-order valence-electron chi connectivity index (χ0n) is 7.49. The molecule has 4 nitrogen and oxygen atoms in total. The Bertz CT molecular complexity index is 427. The van der Waals surface area contributed by atoms with Gasteiger partial charge in [-0.2, -0.15) is 0 Å². The maximum Gasteiger partial charge on any atom is 0.306 e. The van der Waals surface area contributed by atoms with Gasteiger partial charge in [0, 0.05) is 18.3 Å². The van der Waals surface area contributed by atoms with Gasteiger partial charge in [0.25, 0.3) is 0 Å². The minimum Gasteiger partial charge on any atom is -0.481 e. The van der Waals surface area contributed by atoms with E-state index >= 15 is 0 Å². The molecule has 1 unspecified atom stereocenters. The van der Waals surface area contributed by atoms with Gasteiger partial charge in [0.1, 0.15) is 0 Å². The summed E-state index contributed by atoms with van der Waals surface area (Å²) in [7, 11) is 0. The molecule has 0 fully saturated rings. The number of H-pyrrole nitrogens is 1. The number of nitrogens with one attached hydrogen (secondary N) is 1. The SMILES string of the molecule is O=C(O)C1CCc2cnc(=S)[nH]c2C1. The second-order valence-corrected chi connectivity index (χ2v) is 3.86. The Kier molecular flexibility index (Phi) is 2.33. The predicted octanol–water partition coefficient (Wildman–Crippen LogP) is 1.33. The molecule has 0 aromatic carbocycles. The molecule has 1 heterocycles. The van der Waals surface area contributed by atoms with E-state index in [1.807, 2.05) is 0 Å². The summed E-state index contributed by atoms with van der Waals surface area (Å²) in [6.45, 7) is 0. The smallest absolute Gasteiger partial charge is 0.306 e. The van der Waals surface area contributed by atoms with Crippen molar-refractivity contribution in [3.05, 3.63) is 22.2 Å². The van der Waals surface area contributed by atoms with Crippen LogP contribution in [-0.4, -0.2) is 21.0 Å². The Balaban J connectivity index is 2.33. The monoisotopic (exact) mass is 210 g/mol. The third-order valence-corrected chi connectivity index (χ3v) is 2.75. The number of carboxylic acid groups (broad SMARTS) is 1. The second-order valence-electron chi connectivity index (χ2n) is 3.47. The molecule has 0 spiro atoms. The van der Waals surface area contributed by atoms with Crippen molar-refractivity contribution < 1.29 is 9.90 Å². The number of fused-ring (bicyclic) bond motifs is 1. The van der Waals surface area contributed by atoms with Gasteiger partial charge in [-0.15, -0.1) is 0 Å². The van der Waals surface area contributed by atoms with Gasteiger partial charge in [-0.05, 0) is 30.6 Å². The van der Waals surface area contributed by atoms with Crippen molar-refractivity contribution in [2.45, 2.75) is 19.3 Å². The number of hydrogen-bond acceptors (Lipinski definition) is 3. The Morgan fingerprint density at radius 1 is 1.71 bits per heavy atom. The molecule has 1 aromatic heterocycles. The van der Waals surface area contributed by atoms with Crippen LogP contribution in [0.4, 0.5) is 0 Å². The molecule has 1 aliphatic carbocycles. The predicted molar refractivity (Wildman–Crippen MR) is 52.6 cm³/mol. The molecule has 0 bridgehead atoms. The van der Waals surface area contributed by atoms with Gasteiger partial charge in [-0.25, -0.2) is 4.98 Å². The molecule has 5 heteroatoms. The summed E-state index contributed by atoms with van der Waals surface area (Å²) in [6.07, 6.45) is 3.74. The van der Waals surface area contributed by atoms with Gasteiger partial charge in [-0.1, -0.05) is 0 Å². The van der Waals surface area contributed by atoms with Gasteiger partial charge >= 0.3 is 5.97 Å². The number of nitrogens with zero attached hydrogens (tertiary/aromatic N) is 1. The molecule has 14 heavy (non-hydrogen) atoms. The third kappa shape index (κ3) is 1.68. The number of aliphatic carboxylic acids is 1. The molecular weight excluding hydrogens is 200 g/mol. The van der Waals surface area contributed by atoms with Crippen LogP contribution in [0.15, 0.2) is 6.20 Å². The van der Waals surface area contributed by atoms with Gasteiger partial charge in [-0.3, -0.25) is 4.79 Å². The summed E-state index contributed by atoms with van der Waals surface area (Å²) in [5.41, 5.74) is 2.03. The molecule has 0 radical (unpaired) electrons. The van der Waals surface area contributed by atoms with E-state index in [1.165, 1.54) is 0 Å². The molecule has 0 aliphatic heterocycles. The van der Waals surface area contributed by atoms with E-state index in [9.17, 15) is 4.79 Å². The van der Waals surface area contributed by atoms with Crippen LogP contribution in [-0.2, 0) is 17.6 Å². The number of aromatic nitrogens is 2.